The zero-order chi connectivity index (χ0) is 13.1. The highest BCUT2D eigenvalue weighted by atomic mass is 16.5. The Morgan fingerprint density at radius 2 is 2.21 bits per heavy atom. The van der Waals surface area contributed by atoms with Crippen LogP contribution in [0, 0.1) is 0 Å². The monoisotopic (exact) mass is 259 g/mol. The Balaban J connectivity index is 1.66. The Labute approximate surface area is 111 Å². The summed E-state index contributed by atoms with van der Waals surface area (Å²) in [5.41, 5.74) is 1.30. The van der Waals surface area contributed by atoms with Crippen LogP contribution in [0.25, 0.3) is 0 Å². The predicted octanol–water partition coefficient (Wildman–Crippen LogP) is 1.59. The highest BCUT2D eigenvalue weighted by Crippen LogP contribution is 2.28. The molecule has 1 N–H and O–H groups in total. The van der Waals surface area contributed by atoms with E-state index in [1.807, 2.05) is 12.4 Å². The number of methoxy groups -OCH3 is 1. The summed E-state index contributed by atoms with van der Waals surface area (Å²) in [6.07, 6.45) is 7.84. The van der Waals surface area contributed by atoms with Gasteiger partial charge in [0.25, 0.3) is 0 Å². The van der Waals surface area contributed by atoms with Crippen LogP contribution in [0.3, 0.4) is 0 Å². The molecule has 0 aromatic carbocycles. The molecule has 3 rings (SSSR count). The van der Waals surface area contributed by atoms with Crippen LogP contribution >= 0.6 is 0 Å². The van der Waals surface area contributed by atoms with Gasteiger partial charge in [0.05, 0.1) is 13.3 Å². The topological polar surface area (TPSA) is 66.9 Å². The van der Waals surface area contributed by atoms with Crippen molar-refractivity contribution in [1.82, 2.24) is 20.2 Å². The zero-order valence-corrected chi connectivity index (χ0v) is 10.9. The summed E-state index contributed by atoms with van der Waals surface area (Å²) in [6, 6.07) is 1.77. The molecule has 6 heteroatoms. The number of rotatable bonds is 3. The van der Waals surface area contributed by atoms with Gasteiger partial charge in [0.2, 0.25) is 11.8 Å². The highest BCUT2D eigenvalue weighted by Gasteiger charge is 2.22. The van der Waals surface area contributed by atoms with Crippen molar-refractivity contribution in [2.24, 2.45) is 0 Å². The van der Waals surface area contributed by atoms with E-state index in [1.54, 1.807) is 19.4 Å². The number of H-pyrrole nitrogens is 1. The molecule has 1 fully saturated rings. The Hall–Kier alpha value is -2.11. The first-order chi connectivity index (χ1) is 9.36. The van der Waals surface area contributed by atoms with Gasteiger partial charge in [-0.15, -0.1) is 0 Å². The van der Waals surface area contributed by atoms with E-state index >= 15 is 0 Å². The average molecular weight is 259 g/mol. The Bertz CT molecular complexity index is 520. The molecule has 1 aliphatic heterocycles. The number of nitrogens with one attached hydrogen (secondary N) is 1. The van der Waals surface area contributed by atoms with Gasteiger partial charge in [-0.1, -0.05) is 0 Å². The number of aromatic amines is 1. The molecule has 1 saturated heterocycles. The smallest absolute Gasteiger partial charge is 0.228 e. The minimum atomic E-state index is 0.584. The molecule has 0 aliphatic carbocycles. The van der Waals surface area contributed by atoms with Gasteiger partial charge in [0.15, 0.2) is 0 Å². The van der Waals surface area contributed by atoms with Crippen LogP contribution in [0.1, 0.15) is 24.3 Å². The summed E-state index contributed by atoms with van der Waals surface area (Å²) in [5.74, 6) is 1.95. The second kappa shape index (κ2) is 5.26. The molecule has 0 atom stereocenters. The molecule has 2 aromatic heterocycles. The van der Waals surface area contributed by atoms with Crippen LogP contribution in [-0.2, 0) is 0 Å². The van der Waals surface area contributed by atoms with Gasteiger partial charge >= 0.3 is 0 Å². The number of aromatic nitrogens is 4. The van der Waals surface area contributed by atoms with Crippen molar-refractivity contribution in [3.63, 3.8) is 0 Å². The molecule has 1 aliphatic rings. The molecule has 3 heterocycles. The fourth-order valence-corrected chi connectivity index (χ4v) is 2.50. The van der Waals surface area contributed by atoms with Gasteiger partial charge in [0.1, 0.15) is 0 Å². The maximum atomic E-state index is 5.14. The van der Waals surface area contributed by atoms with E-state index in [2.05, 4.69) is 25.1 Å². The second-order valence-corrected chi connectivity index (χ2v) is 4.69. The molecule has 0 bridgehead atoms. The maximum Gasteiger partial charge on any atom is 0.228 e. The lowest BCUT2D eigenvalue weighted by Gasteiger charge is -2.31. The average Bonchev–Trinajstić information content (AvgIpc) is 3.02. The summed E-state index contributed by atoms with van der Waals surface area (Å²) in [4.78, 5) is 10.9. The molecule has 0 spiro atoms. The maximum absolute atomic E-state index is 5.14. The molecule has 0 amide bonds. The number of nitrogens with zero attached hydrogens (tertiary/aromatic N) is 4. The van der Waals surface area contributed by atoms with Crippen LogP contribution in [0.5, 0.6) is 5.88 Å². The Morgan fingerprint density at radius 1 is 1.37 bits per heavy atom. The van der Waals surface area contributed by atoms with E-state index in [9.17, 15) is 0 Å². The number of hydrogen-bond acceptors (Lipinski definition) is 5. The van der Waals surface area contributed by atoms with Gasteiger partial charge in [-0.3, -0.25) is 5.10 Å². The van der Waals surface area contributed by atoms with Crippen molar-refractivity contribution in [3.05, 3.63) is 30.2 Å². The number of hydrogen-bond donors (Lipinski definition) is 1. The summed E-state index contributed by atoms with van der Waals surface area (Å²) in [6.45, 7) is 1.92. The second-order valence-electron chi connectivity index (χ2n) is 4.69. The molecule has 19 heavy (non-hydrogen) atoms. The van der Waals surface area contributed by atoms with E-state index < -0.39 is 0 Å². The van der Waals surface area contributed by atoms with Crippen LogP contribution in [0.2, 0.25) is 0 Å². The number of piperidine rings is 1. The standard InChI is InChI=1S/C13H17N5O/c1-19-12-2-5-14-13(17-12)18-6-3-10(4-7-18)11-8-15-16-9-11/h2,5,8-10H,3-4,6-7H2,1H3,(H,15,16). The van der Waals surface area contributed by atoms with Crippen molar-refractivity contribution >= 4 is 5.95 Å². The first kappa shape index (κ1) is 12.0. The normalized spacial score (nSPS) is 16.6. The minimum absolute atomic E-state index is 0.584. The summed E-state index contributed by atoms with van der Waals surface area (Å²) in [5, 5.41) is 6.90. The molecule has 0 radical (unpaired) electrons. The third-order valence-corrected chi connectivity index (χ3v) is 3.60. The molecular weight excluding hydrogens is 242 g/mol. The van der Waals surface area contributed by atoms with Gasteiger partial charge in [-0.05, 0) is 24.3 Å². The molecular formula is C13H17N5O. The number of anilines is 1. The first-order valence-electron chi connectivity index (χ1n) is 6.47. The largest absolute Gasteiger partial charge is 0.481 e. The van der Waals surface area contributed by atoms with Crippen LogP contribution in [-0.4, -0.2) is 40.4 Å². The third kappa shape index (κ3) is 2.52. The molecule has 0 saturated carbocycles. The fraction of sp³-hybridized carbons (Fsp3) is 0.462. The molecule has 0 unspecified atom stereocenters. The lowest BCUT2D eigenvalue weighted by molar-refractivity contribution is 0.395. The summed E-state index contributed by atoms with van der Waals surface area (Å²) >= 11 is 0. The van der Waals surface area contributed by atoms with Crippen molar-refractivity contribution in [2.45, 2.75) is 18.8 Å². The quantitative estimate of drug-likeness (QED) is 0.906. The fourth-order valence-electron chi connectivity index (χ4n) is 2.50. The lowest BCUT2D eigenvalue weighted by Crippen LogP contribution is -2.34. The number of ether oxygens (including phenoxy) is 1. The minimum Gasteiger partial charge on any atom is -0.481 e. The first-order valence-corrected chi connectivity index (χ1v) is 6.47. The van der Waals surface area contributed by atoms with Crippen LogP contribution in [0.15, 0.2) is 24.7 Å². The van der Waals surface area contributed by atoms with Crippen molar-refractivity contribution < 1.29 is 4.74 Å². The van der Waals surface area contributed by atoms with Crippen molar-refractivity contribution in [3.8, 4) is 5.88 Å². The summed E-state index contributed by atoms with van der Waals surface area (Å²) < 4.78 is 5.14. The van der Waals surface area contributed by atoms with Crippen molar-refractivity contribution in [2.75, 3.05) is 25.1 Å². The van der Waals surface area contributed by atoms with Gasteiger partial charge in [0, 0.05) is 31.5 Å². The Morgan fingerprint density at radius 3 is 2.89 bits per heavy atom. The van der Waals surface area contributed by atoms with E-state index in [1.165, 1.54) is 5.56 Å². The van der Waals surface area contributed by atoms with Gasteiger partial charge < -0.3 is 9.64 Å². The summed E-state index contributed by atoms with van der Waals surface area (Å²) in [7, 11) is 1.62. The molecule has 6 nitrogen and oxygen atoms in total. The van der Waals surface area contributed by atoms with Crippen LogP contribution < -0.4 is 9.64 Å². The SMILES string of the molecule is COc1ccnc(N2CCC(c3cn[nH]c3)CC2)n1. The van der Waals surface area contributed by atoms with Gasteiger partial charge in [-0.25, -0.2) is 4.98 Å². The van der Waals surface area contributed by atoms with E-state index in [0.29, 0.717) is 11.8 Å². The van der Waals surface area contributed by atoms with Gasteiger partial charge in [-0.2, -0.15) is 10.1 Å². The molecule has 2 aromatic rings. The third-order valence-electron chi connectivity index (χ3n) is 3.60. The molecule has 100 valence electrons. The van der Waals surface area contributed by atoms with E-state index in [0.717, 1.165) is 31.9 Å². The zero-order valence-electron chi connectivity index (χ0n) is 10.9. The van der Waals surface area contributed by atoms with E-state index in [4.69, 9.17) is 4.74 Å². The van der Waals surface area contributed by atoms with E-state index in [-0.39, 0.29) is 0 Å². The highest BCUT2D eigenvalue weighted by molar-refractivity contribution is 5.33. The predicted molar refractivity (Wildman–Crippen MR) is 71.4 cm³/mol. The lowest BCUT2D eigenvalue weighted by atomic mass is 9.92. The van der Waals surface area contributed by atoms with Crippen molar-refractivity contribution in [1.29, 1.82) is 0 Å². The van der Waals surface area contributed by atoms with Crippen LogP contribution in [0.4, 0.5) is 5.95 Å². The Kier molecular flexibility index (Phi) is 3.31.